The molecule has 0 bridgehead atoms. The van der Waals surface area contributed by atoms with E-state index in [1.807, 2.05) is 18.2 Å². The van der Waals surface area contributed by atoms with Gasteiger partial charge in [-0.3, -0.25) is 9.79 Å². The van der Waals surface area contributed by atoms with Crippen molar-refractivity contribution in [2.75, 3.05) is 26.0 Å². The van der Waals surface area contributed by atoms with E-state index in [1.54, 1.807) is 7.05 Å². The molecule has 1 fully saturated rings. The van der Waals surface area contributed by atoms with Crippen LogP contribution in [0.2, 0.25) is 0 Å². The van der Waals surface area contributed by atoms with Crippen molar-refractivity contribution in [1.29, 1.82) is 0 Å². The lowest BCUT2D eigenvalue weighted by Crippen LogP contribution is -2.38. The van der Waals surface area contributed by atoms with Crippen LogP contribution in [0.4, 0.5) is 5.69 Å². The van der Waals surface area contributed by atoms with Gasteiger partial charge in [-0.25, -0.2) is 0 Å². The highest BCUT2D eigenvalue weighted by Gasteiger charge is 2.25. The van der Waals surface area contributed by atoms with Crippen LogP contribution in [0.3, 0.4) is 0 Å². The number of nitrogens with zero attached hydrogens (tertiary/aromatic N) is 2. The van der Waals surface area contributed by atoms with E-state index >= 15 is 0 Å². The number of amides is 1. The summed E-state index contributed by atoms with van der Waals surface area (Å²) in [5.74, 6) is 1.26. The lowest BCUT2D eigenvalue weighted by atomic mass is 9.85. The molecule has 1 aliphatic carbocycles. The molecular weight excluding hydrogens is 300 g/mol. The molecule has 5 nitrogen and oxygen atoms in total. The zero-order chi connectivity index (χ0) is 17.4. The maximum absolute atomic E-state index is 12.1. The molecule has 0 aliphatic heterocycles. The number of aliphatic imine (C=N–C) groups is 1. The summed E-state index contributed by atoms with van der Waals surface area (Å²) < 4.78 is 0. The Morgan fingerprint density at radius 3 is 2.79 bits per heavy atom. The molecule has 0 spiro atoms. The summed E-state index contributed by atoms with van der Waals surface area (Å²) in [6.07, 6.45) is 5.54. The minimum atomic E-state index is 0.154. The average Bonchev–Trinajstić information content (AvgIpc) is 2.52. The number of nitrogens with one attached hydrogen (secondary N) is 2. The van der Waals surface area contributed by atoms with Crippen molar-refractivity contribution in [3.63, 3.8) is 0 Å². The third-order valence-electron chi connectivity index (χ3n) is 4.54. The second kappa shape index (κ2) is 9.30. The van der Waals surface area contributed by atoms with Crippen molar-refractivity contribution in [2.45, 2.75) is 45.6 Å². The Balaban J connectivity index is 1.87. The maximum Gasteiger partial charge on any atom is 0.227 e. The van der Waals surface area contributed by atoms with Gasteiger partial charge in [0, 0.05) is 38.8 Å². The van der Waals surface area contributed by atoms with Crippen molar-refractivity contribution >= 4 is 17.6 Å². The van der Waals surface area contributed by atoms with E-state index in [4.69, 9.17) is 0 Å². The largest absolute Gasteiger partial charge is 0.352 e. The molecule has 0 aromatic heterocycles. The van der Waals surface area contributed by atoms with Crippen LogP contribution < -0.4 is 10.6 Å². The first-order chi connectivity index (χ1) is 11.6. The predicted octanol–water partition coefficient (Wildman–Crippen LogP) is 3.23. The Bertz CT molecular complexity index is 566. The van der Waals surface area contributed by atoms with Gasteiger partial charge in [0.25, 0.3) is 0 Å². The van der Waals surface area contributed by atoms with Gasteiger partial charge in [-0.05, 0) is 37.0 Å². The molecule has 24 heavy (non-hydrogen) atoms. The molecule has 0 radical (unpaired) electrons. The third-order valence-corrected chi connectivity index (χ3v) is 4.54. The molecule has 0 heterocycles. The highest BCUT2D eigenvalue weighted by Crippen LogP contribution is 2.27. The molecular formula is C19H30N4O. The Morgan fingerprint density at radius 1 is 1.38 bits per heavy atom. The van der Waals surface area contributed by atoms with Crippen LogP contribution in [-0.2, 0) is 11.3 Å². The summed E-state index contributed by atoms with van der Waals surface area (Å²) in [5, 5.41) is 6.41. The monoisotopic (exact) mass is 330 g/mol. The Hall–Kier alpha value is -2.04. The molecule has 1 aromatic rings. The van der Waals surface area contributed by atoms with E-state index in [-0.39, 0.29) is 11.8 Å². The number of anilines is 1. The molecule has 1 aliphatic rings. The molecule has 0 unspecified atom stereocenters. The number of rotatable bonds is 7. The fourth-order valence-corrected chi connectivity index (χ4v) is 2.74. The first kappa shape index (κ1) is 18.3. The van der Waals surface area contributed by atoms with Crippen molar-refractivity contribution in [3.05, 3.63) is 29.8 Å². The maximum atomic E-state index is 12.1. The summed E-state index contributed by atoms with van der Waals surface area (Å²) in [6.45, 7) is 3.87. The standard InChI is InChI=1S/C19H30N4O/c1-4-5-12-23(3)19(20-2)21-14-15-8-6-11-17(13-15)22-18(24)16-9-7-10-16/h6,8,11,13,16H,4-5,7,9-10,12,14H2,1-3H3,(H,20,21)(H,22,24). The molecule has 2 rings (SSSR count). The minimum absolute atomic E-state index is 0.154. The van der Waals surface area contributed by atoms with E-state index in [1.165, 1.54) is 12.8 Å². The highest BCUT2D eigenvalue weighted by molar-refractivity contribution is 5.93. The van der Waals surface area contributed by atoms with Gasteiger partial charge in [0.1, 0.15) is 0 Å². The first-order valence-corrected chi connectivity index (χ1v) is 8.95. The summed E-state index contributed by atoms with van der Waals surface area (Å²) in [4.78, 5) is 18.5. The second-order valence-electron chi connectivity index (χ2n) is 6.49. The third kappa shape index (κ3) is 5.25. The predicted molar refractivity (Wildman–Crippen MR) is 100 cm³/mol. The van der Waals surface area contributed by atoms with Crippen molar-refractivity contribution in [2.24, 2.45) is 10.9 Å². The second-order valence-corrected chi connectivity index (χ2v) is 6.49. The van der Waals surface area contributed by atoms with Crippen LogP contribution in [0.15, 0.2) is 29.3 Å². The van der Waals surface area contributed by atoms with Gasteiger partial charge in [-0.15, -0.1) is 0 Å². The van der Waals surface area contributed by atoms with Crippen LogP contribution in [-0.4, -0.2) is 37.4 Å². The topological polar surface area (TPSA) is 56.7 Å². The van der Waals surface area contributed by atoms with Crippen molar-refractivity contribution in [3.8, 4) is 0 Å². The van der Waals surface area contributed by atoms with Crippen LogP contribution in [0, 0.1) is 5.92 Å². The molecule has 5 heteroatoms. The number of carbonyl (C=O) groups is 1. The van der Waals surface area contributed by atoms with Gasteiger partial charge in [0.15, 0.2) is 5.96 Å². The van der Waals surface area contributed by atoms with Gasteiger partial charge < -0.3 is 15.5 Å². The summed E-state index contributed by atoms with van der Waals surface area (Å²) in [5.41, 5.74) is 2.01. The molecule has 2 N–H and O–H groups in total. The lowest BCUT2D eigenvalue weighted by Gasteiger charge is -2.24. The van der Waals surface area contributed by atoms with Gasteiger partial charge in [0.2, 0.25) is 5.91 Å². The zero-order valence-corrected chi connectivity index (χ0v) is 15.1. The number of unbranched alkanes of at least 4 members (excludes halogenated alkanes) is 1. The Morgan fingerprint density at radius 2 is 2.17 bits per heavy atom. The minimum Gasteiger partial charge on any atom is -0.352 e. The first-order valence-electron chi connectivity index (χ1n) is 8.95. The van der Waals surface area contributed by atoms with Crippen molar-refractivity contribution < 1.29 is 4.79 Å². The summed E-state index contributed by atoms with van der Waals surface area (Å²) in [6, 6.07) is 8.02. The number of guanidine groups is 1. The molecule has 1 aromatic carbocycles. The highest BCUT2D eigenvalue weighted by atomic mass is 16.1. The normalized spacial score (nSPS) is 14.9. The SMILES string of the molecule is CCCCN(C)C(=NC)NCc1cccc(NC(=O)C2CCC2)c1. The Kier molecular flexibility index (Phi) is 7.09. The van der Waals surface area contributed by atoms with E-state index < -0.39 is 0 Å². The fourth-order valence-electron chi connectivity index (χ4n) is 2.74. The van der Waals surface area contributed by atoms with E-state index in [0.717, 1.165) is 43.0 Å². The number of hydrogen-bond acceptors (Lipinski definition) is 2. The van der Waals surface area contributed by atoms with Gasteiger partial charge in [0.05, 0.1) is 0 Å². The van der Waals surface area contributed by atoms with Crippen LogP contribution in [0.1, 0.15) is 44.6 Å². The van der Waals surface area contributed by atoms with E-state index in [2.05, 4.69) is 40.6 Å². The molecule has 0 saturated heterocycles. The molecule has 132 valence electrons. The van der Waals surface area contributed by atoms with E-state index in [0.29, 0.717) is 6.54 Å². The number of carbonyl (C=O) groups excluding carboxylic acids is 1. The van der Waals surface area contributed by atoms with Crippen LogP contribution in [0.25, 0.3) is 0 Å². The van der Waals surface area contributed by atoms with Gasteiger partial charge >= 0.3 is 0 Å². The van der Waals surface area contributed by atoms with Crippen molar-refractivity contribution in [1.82, 2.24) is 10.2 Å². The fraction of sp³-hybridized carbons (Fsp3) is 0.579. The summed E-state index contributed by atoms with van der Waals surface area (Å²) in [7, 11) is 3.86. The quantitative estimate of drug-likeness (QED) is 0.596. The Labute approximate surface area is 145 Å². The molecule has 1 saturated carbocycles. The summed E-state index contributed by atoms with van der Waals surface area (Å²) >= 11 is 0. The average molecular weight is 330 g/mol. The lowest BCUT2D eigenvalue weighted by molar-refractivity contribution is -0.122. The molecule has 0 atom stereocenters. The molecule has 1 amide bonds. The van der Waals surface area contributed by atoms with Gasteiger partial charge in [-0.2, -0.15) is 0 Å². The smallest absolute Gasteiger partial charge is 0.227 e. The van der Waals surface area contributed by atoms with E-state index in [9.17, 15) is 4.79 Å². The van der Waals surface area contributed by atoms with Gasteiger partial charge in [-0.1, -0.05) is 31.9 Å². The zero-order valence-electron chi connectivity index (χ0n) is 15.1. The van der Waals surface area contributed by atoms with Crippen LogP contribution >= 0.6 is 0 Å². The number of benzene rings is 1. The van der Waals surface area contributed by atoms with Crippen LogP contribution in [0.5, 0.6) is 0 Å². The number of hydrogen-bond donors (Lipinski definition) is 2.